The molecule has 1 amide bonds. The summed E-state index contributed by atoms with van der Waals surface area (Å²) in [5.74, 6) is 0.295. The predicted molar refractivity (Wildman–Crippen MR) is 65.9 cm³/mol. The fraction of sp³-hybridized carbons (Fsp3) is 0.727. The second-order valence-electron chi connectivity index (χ2n) is 4.78. The van der Waals surface area contributed by atoms with Crippen molar-refractivity contribution in [3.05, 3.63) is 5.89 Å². The molecule has 0 aromatic carbocycles. The van der Waals surface area contributed by atoms with Gasteiger partial charge in [0, 0.05) is 25.6 Å². The van der Waals surface area contributed by atoms with Gasteiger partial charge in [-0.15, -0.1) is 5.10 Å². The minimum atomic E-state index is -0.138. The van der Waals surface area contributed by atoms with Crippen LogP contribution in [0.25, 0.3) is 0 Å². The number of piperidine rings is 1. The molecule has 2 heterocycles. The van der Waals surface area contributed by atoms with E-state index in [9.17, 15) is 4.79 Å². The molecule has 7 heteroatoms. The highest BCUT2D eigenvalue weighted by molar-refractivity contribution is 5.90. The summed E-state index contributed by atoms with van der Waals surface area (Å²) in [6.07, 6.45) is 1.85. The molecule has 2 atom stereocenters. The van der Waals surface area contributed by atoms with Gasteiger partial charge in [0.25, 0.3) is 0 Å². The Morgan fingerprint density at radius 1 is 1.61 bits per heavy atom. The first-order chi connectivity index (χ1) is 8.54. The molecule has 0 bridgehead atoms. The Morgan fingerprint density at radius 3 is 3.00 bits per heavy atom. The summed E-state index contributed by atoms with van der Waals surface area (Å²) in [6, 6.07) is 0.723. The van der Waals surface area contributed by atoms with Crippen LogP contribution in [0.4, 0.5) is 6.01 Å². The number of likely N-dealkylation sites (tertiary alicyclic amines) is 1. The molecule has 3 N–H and O–H groups in total. The fourth-order valence-corrected chi connectivity index (χ4v) is 2.18. The largest absolute Gasteiger partial charge is 0.408 e. The molecular weight excluding hydrogens is 234 g/mol. The van der Waals surface area contributed by atoms with Crippen molar-refractivity contribution in [2.24, 2.45) is 5.73 Å². The molecule has 0 radical (unpaired) electrons. The van der Waals surface area contributed by atoms with Crippen molar-refractivity contribution in [3.63, 3.8) is 0 Å². The number of nitrogens with one attached hydrogen (secondary N) is 1. The van der Waals surface area contributed by atoms with E-state index in [1.807, 2.05) is 0 Å². The van der Waals surface area contributed by atoms with Gasteiger partial charge in [-0.1, -0.05) is 5.10 Å². The Morgan fingerprint density at radius 2 is 2.39 bits per heavy atom. The lowest BCUT2D eigenvalue weighted by molar-refractivity contribution is -0.118. The van der Waals surface area contributed by atoms with E-state index in [2.05, 4.69) is 27.3 Å². The summed E-state index contributed by atoms with van der Waals surface area (Å²) < 4.78 is 5.09. The van der Waals surface area contributed by atoms with Gasteiger partial charge in [-0.25, -0.2) is 0 Å². The van der Waals surface area contributed by atoms with Crippen molar-refractivity contribution in [3.8, 4) is 0 Å². The van der Waals surface area contributed by atoms with Gasteiger partial charge in [0.2, 0.25) is 11.8 Å². The van der Waals surface area contributed by atoms with Crippen LogP contribution in [0.1, 0.15) is 25.7 Å². The molecule has 1 aromatic heterocycles. The number of anilines is 1. The molecular formula is C11H19N5O2. The van der Waals surface area contributed by atoms with Crippen LogP contribution in [0.5, 0.6) is 0 Å². The number of carbonyl (C=O) groups excluding carboxylic acids is 1. The first-order valence-electron chi connectivity index (χ1n) is 6.14. The molecule has 2 unspecified atom stereocenters. The zero-order valence-electron chi connectivity index (χ0n) is 10.7. The van der Waals surface area contributed by atoms with E-state index in [-0.39, 0.29) is 18.0 Å². The van der Waals surface area contributed by atoms with Gasteiger partial charge in [0.05, 0.1) is 6.54 Å². The molecule has 1 aliphatic heterocycles. The average molecular weight is 253 g/mol. The highest BCUT2D eigenvalue weighted by Crippen LogP contribution is 2.15. The molecule has 0 saturated carbocycles. The summed E-state index contributed by atoms with van der Waals surface area (Å²) in [7, 11) is 0. The third-order valence-corrected chi connectivity index (χ3v) is 3.17. The van der Waals surface area contributed by atoms with E-state index < -0.39 is 0 Å². The number of nitrogens with two attached hydrogens (primary N) is 1. The monoisotopic (exact) mass is 253 g/mol. The fourth-order valence-electron chi connectivity index (χ4n) is 2.18. The lowest BCUT2D eigenvalue weighted by Crippen LogP contribution is -2.48. The summed E-state index contributed by atoms with van der Waals surface area (Å²) in [5.41, 5.74) is 5.88. The molecule has 7 nitrogen and oxygen atoms in total. The predicted octanol–water partition coefficient (Wildman–Crippen LogP) is 0.128. The number of hydrogen-bond donors (Lipinski definition) is 2. The van der Waals surface area contributed by atoms with E-state index >= 15 is 0 Å². The summed E-state index contributed by atoms with van der Waals surface area (Å²) in [4.78, 5) is 13.9. The van der Waals surface area contributed by atoms with Crippen LogP contribution in [0.3, 0.4) is 0 Å². The van der Waals surface area contributed by atoms with E-state index in [0.29, 0.717) is 18.5 Å². The van der Waals surface area contributed by atoms with Crippen molar-refractivity contribution in [2.45, 2.75) is 38.8 Å². The normalized spacial score (nSPS) is 25.1. The van der Waals surface area contributed by atoms with Gasteiger partial charge in [0.1, 0.15) is 0 Å². The summed E-state index contributed by atoms with van der Waals surface area (Å²) >= 11 is 0. The van der Waals surface area contributed by atoms with Crippen molar-refractivity contribution in [1.29, 1.82) is 0 Å². The SMILES string of the molecule is Cc1nnc(NC(=O)CN2CCC(N)CC2C)o1. The van der Waals surface area contributed by atoms with Crippen LogP contribution in [-0.4, -0.2) is 46.2 Å². The molecule has 100 valence electrons. The molecule has 0 aliphatic carbocycles. The van der Waals surface area contributed by atoms with E-state index in [0.717, 1.165) is 19.4 Å². The summed E-state index contributed by atoms with van der Waals surface area (Å²) in [5, 5.41) is 9.96. The van der Waals surface area contributed by atoms with Gasteiger partial charge in [0.15, 0.2) is 0 Å². The number of rotatable bonds is 3. The van der Waals surface area contributed by atoms with Crippen LogP contribution in [0.15, 0.2) is 4.42 Å². The van der Waals surface area contributed by atoms with E-state index in [4.69, 9.17) is 10.2 Å². The Balaban J connectivity index is 1.84. The maximum absolute atomic E-state index is 11.8. The molecule has 1 aliphatic rings. The first-order valence-corrected chi connectivity index (χ1v) is 6.14. The molecule has 1 aromatic rings. The minimum absolute atomic E-state index is 0.138. The molecule has 18 heavy (non-hydrogen) atoms. The molecule has 2 rings (SSSR count). The maximum atomic E-state index is 11.8. The third kappa shape index (κ3) is 3.27. The van der Waals surface area contributed by atoms with Crippen molar-refractivity contribution >= 4 is 11.9 Å². The van der Waals surface area contributed by atoms with Gasteiger partial charge >= 0.3 is 6.01 Å². The number of hydrogen-bond acceptors (Lipinski definition) is 6. The highest BCUT2D eigenvalue weighted by atomic mass is 16.4. The van der Waals surface area contributed by atoms with Gasteiger partial charge in [-0.2, -0.15) is 0 Å². The lowest BCUT2D eigenvalue weighted by Gasteiger charge is -2.35. The molecule has 0 spiro atoms. The Hall–Kier alpha value is -1.47. The van der Waals surface area contributed by atoms with Crippen molar-refractivity contribution in [1.82, 2.24) is 15.1 Å². The van der Waals surface area contributed by atoms with Crippen LogP contribution in [-0.2, 0) is 4.79 Å². The van der Waals surface area contributed by atoms with Crippen molar-refractivity contribution < 1.29 is 9.21 Å². The summed E-state index contributed by atoms with van der Waals surface area (Å²) in [6.45, 7) is 4.94. The number of carbonyl (C=O) groups is 1. The van der Waals surface area contributed by atoms with E-state index in [1.165, 1.54) is 0 Å². The highest BCUT2D eigenvalue weighted by Gasteiger charge is 2.25. The number of aromatic nitrogens is 2. The van der Waals surface area contributed by atoms with Gasteiger partial charge in [-0.05, 0) is 19.8 Å². The minimum Gasteiger partial charge on any atom is -0.408 e. The lowest BCUT2D eigenvalue weighted by atomic mass is 9.99. The maximum Gasteiger partial charge on any atom is 0.322 e. The van der Waals surface area contributed by atoms with Crippen LogP contribution >= 0.6 is 0 Å². The first kappa shape index (κ1) is 13.0. The van der Waals surface area contributed by atoms with Gasteiger partial charge in [-0.3, -0.25) is 15.0 Å². The molecule has 1 saturated heterocycles. The second-order valence-corrected chi connectivity index (χ2v) is 4.78. The van der Waals surface area contributed by atoms with Crippen LogP contribution in [0, 0.1) is 6.92 Å². The Kier molecular flexibility index (Phi) is 3.93. The topological polar surface area (TPSA) is 97.3 Å². The number of nitrogens with zero attached hydrogens (tertiary/aromatic N) is 3. The number of aryl methyl sites for hydroxylation is 1. The quantitative estimate of drug-likeness (QED) is 0.794. The smallest absolute Gasteiger partial charge is 0.322 e. The standard InChI is InChI=1S/C11H19N5O2/c1-7-5-9(12)3-4-16(7)6-10(17)13-11-15-14-8(2)18-11/h7,9H,3-6,12H2,1-2H3,(H,13,15,17). The van der Waals surface area contributed by atoms with Crippen molar-refractivity contribution in [2.75, 3.05) is 18.4 Å². The van der Waals surface area contributed by atoms with Crippen LogP contribution < -0.4 is 11.1 Å². The second kappa shape index (κ2) is 5.45. The average Bonchev–Trinajstić information content (AvgIpc) is 2.68. The zero-order valence-corrected chi connectivity index (χ0v) is 10.7. The number of amides is 1. The van der Waals surface area contributed by atoms with Gasteiger partial charge < -0.3 is 10.2 Å². The molecule has 1 fully saturated rings. The van der Waals surface area contributed by atoms with Crippen LogP contribution in [0.2, 0.25) is 0 Å². The Labute approximate surface area is 106 Å². The third-order valence-electron chi connectivity index (χ3n) is 3.17. The Bertz CT molecular complexity index is 419. The van der Waals surface area contributed by atoms with E-state index in [1.54, 1.807) is 6.92 Å². The zero-order chi connectivity index (χ0) is 13.1.